The topological polar surface area (TPSA) is 28.7 Å². The Bertz CT molecular complexity index is 482. The number of aromatic amines is 1. The van der Waals surface area contributed by atoms with Crippen LogP contribution in [0.5, 0.6) is 0 Å². The first-order valence-electron chi connectivity index (χ1n) is 10.3. The maximum absolute atomic E-state index is 5.20. The standard InChI is InChI=1S/C22H42N2/c1-9-12-14-16-22(7,8)20-23-18(17(4)11-3)19(24-20)21(5,6)15-13-10-2/h17H,9-16H2,1-8H3,(H,23,24). The minimum absolute atomic E-state index is 0.135. The van der Waals surface area contributed by atoms with Crippen LogP contribution >= 0.6 is 0 Å². The first-order valence-corrected chi connectivity index (χ1v) is 10.3. The van der Waals surface area contributed by atoms with Gasteiger partial charge in [-0.15, -0.1) is 0 Å². The number of rotatable bonds is 11. The SMILES string of the molecule is CCCCCC(C)(C)c1nc(C(C)(C)CCCC)c(C(C)CC)[nH]1. The molecule has 0 bridgehead atoms. The molecule has 0 aliphatic heterocycles. The van der Waals surface area contributed by atoms with E-state index in [0.29, 0.717) is 5.92 Å². The van der Waals surface area contributed by atoms with Gasteiger partial charge in [0, 0.05) is 16.5 Å². The zero-order chi connectivity index (χ0) is 18.4. The molecule has 1 unspecified atom stereocenters. The van der Waals surface area contributed by atoms with Gasteiger partial charge < -0.3 is 4.98 Å². The van der Waals surface area contributed by atoms with Gasteiger partial charge in [-0.05, 0) is 25.2 Å². The van der Waals surface area contributed by atoms with Crippen molar-refractivity contribution < 1.29 is 0 Å². The van der Waals surface area contributed by atoms with E-state index in [1.807, 2.05) is 0 Å². The summed E-state index contributed by atoms with van der Waals surface area (Å²) in [5.41, 5.74) is 3.00. The van der Waals surface area contributed by atoms with Crippen LogP contribution in [0.15, 0.2) is 0 Å². The van der Waals surface area contributed by atoms with Crippen molar-refractivity contribution in [2.24, 2.45) is 0 Å². The van der Waals surface area contributed by atoms with Gasteiger partial charge in [-0.1, -0.05) is 87.5 Å². The van der Waals surface area contributed by atoms with Crippen LogP contribution in [-0.4, -0.2) is 9.97 Å². The fourth-order valence-corrected chi connectivity index (χ4v) is 3.46. The van der Waals surface area contributed by atoms with Crippen LogP contribution in [0.2, 0.25) is 0 Å². The lowest BCUT2D eigenvalue weighted by Gasteiger charge is -2.25. The van der Waals surface area contributed by atoms with Gasteiger partial charge in [0.25, 0.3) is 0 Å². The highest BCUT2D eigenvalue weighted by Crippen LogP contribution is 2.37. The average molecular weight is 335 g/mol. The Hall–Kier alpha value is -0.790. The summed E-state index contributed by atoms with van der Waals surface area (Å²) in [6.07, 6.45) is 10.00. The molecular weight excluding hydrogens is 292 g/mol. The number of hydrogen-bond acceptors (Lipinski definition) is 1. The van der Waals surface area contributed by atoms with Crippen molar-refractivity contribution in [2.45, 2.75) is 124 Å². The minimum Gasteiger partial charge on any atom is -0.345 e. The van der Waals surface area contributed by atoms with E-state index in [1.54, 1.807) is 0 Å². The number of nitrogens with zero attached hydrogens (tertiary/aromatic N) is 1. The zero-order valence-corrected chi connectivity index (χ0v) is 17.7. The molecule has 1 rings (SSSR count). The lowest BCUT2D eigenvalue weighted by molar-refractivity contribution is 0.419. The third-order valence-corrected chi connectivity index (χ3v) is 5.68. The smallest absolute Gasteiger partial charge is 0.112 e. The summed E-state index contributed by atoms with van der Waals surface area (Å²) >= 11 is 0. The second kappa shape index (κ2) is 9.06. The van der Waals surface area contributed by atoms with Gasteiger partial charge in [-0.2, -0.15) is 0 Å². The molecule has 0 amide bonds. The molecule has 24 heavy (non-hydrogen) atoms. The lowest BCUT2D eigenvalue weighted by Crippen LogP contribution is -2.22. The summed E-state index contributed by atoms with van der Waals surface area (Å²) in [5.74, 6) is 1.75. The number of hydrogen-bond donors (Lipinski definition) is 1. The van der Waals surface area contributed by atoms with Gasteiger partial charge in [0.15, 0.2) is 0 Å². The van der Waals surface area contributed by atoms with Gasteiger partial charge >= 0.3 is 0 Å². The summed E-state index contributed by atoms with van der Waals surface area (Å²) in [4.78, 5) is 8.97. The Morgan fingerprint density at radius 1 is 0.875 bits per heavy atom. The van der Waals surface area contributed by atoms with Gasteiger partial charge in [0.2, 0.25) is 0 Å². The Kier molecular flexibility index (Phi) is 8.02. The number of nitrogens with one attached hydrogen (secondary N) is 1. The second-order valence-electron chi connectivity index (χ2n) is 8.99. The van der Waals surface area contributed by atoms with E-state index < -0.39 is 0 Å². The van der Waals surface area contributed by atoms with Crippen molar-refractivity contribution in [1.82, 2.24) is 9.97 Å². The van der Waals surface area contributed by atoms with E-state index in [2.05, 4.69) is 60.4 Å². The van der Waals surface area contributed by atoms with Crippen LogP contribution in [0.25, 0.3) is 0 Å². The van der Waals surface area contributed by atoms with Gasteiger partial charge in [0.05, 0.1) is 5.69 Å². The third kappa shape index (κ3) is 5.36. The van der Waals surface area contributed by atoms with Crippen molar-refractivity contribution in [2.75, 3.05) is 0 Å². The number of H-pyrrole nitrogens is 1. The van der Waals surface area contributed by atoms with Crippen LogP contribution in [0.4, 0.5) is 0 Å². The summed E-state index contributed by atoms with van der Waals surface area (Å²) in [5, 5.41) is 0. The molecule has 1 atom stereocenters. The highest BCUT2D eigenvalue weighted by atomic mass is 15.0. The van der Waals surface area contributed by atoms with Crippen LogP contribution in [-0.2, 0) is 10.8 Å². The van der Waals surface area contributed by atoms with Crippen LogP contribution in [0, 0.1) is 0 Å². The predicted molar refractivity (Wildman–Crippen MR) is 107 cm³/mol. The largest absolute Gasteiger partial charge is 0.345 e. The zero-order valence-electron chi connectivity index (χ0n) is 17.7. The Labute approximate surface area is 151 Å². The first kappa shape index (κ1) is 21.3. The highest BCUT2D eigenvalue weighted by Gasteiger charge is 2.32. The third-order valence-electron chi connectivity index (χ3n) is 5.68. The summed E-state index contributed by atoms with van der Waals surface area (Å²) < 4.78 is 0. The molecule has 0 radical (unpaired) electrons. The summed E-state index contributed by atoms with van der Waals surface area (Å²) in [7, 11) is 0. The Morgan fingerprint density at radius 2 is 1.46 bits per heavy atom. The van der Waals surface area contributed by atoms with E-state index >= 15 is 0 Å². The molecule has 1 aromatic heterocycles. The van der Waals surface area contributed by atoms with Gasteiger partial charge in [-0.3, -0.25) is 0 Å². The van der Waals surface area contributed by atoms with Crippen LogP contribution in [0.1, 0.15) is 130 Å². The number of imidazole rings is 1. The molecule has 0 aliphatic carbocycles. The Balaban J connectivity index is 3.16. The van der Waals surface area contributed by atoms with Crippen molar-refractivity contribution >= 4 is 0 Å². The maximum Gasteiger partial charge on any atom is 0.112 e. The van der Waals surface area contributed by atoms with E-state index in [-0.39, 0.29) is 10.8 Å². The van der Waals surface area contributed by atoms with Crippen molar-refractivity contribution in [3.63, 3.8) is 0 Å². The lowest BCUT2D eigenvalue weighted by atomic mass is 9.81. The summed E-state index contributed by atoms with van der Waals surface area (Å²) in [6, 6.07) is 0. The van der Waals surface area contributed by atoms with Crippen LogP contribution < -0.4 is 0 Å². The molecular formula is C22H42N2. The predicted octanol–water partition coefficient (Wildman–Crippen LogP) is 7.25. The molecule has 0 aliphatic rings. The van der Waals surface area contributed by atoms with Gasteiger partial charge in [0.1, 0.15) is 5.82 Å². The molecule has 1 heterocycles. The van der Waals surface area contributed by atoms with Crippen molar-refractivity contribution in [3.05, 3.63) is 17.2 Å². The molecule has 140 valence electrons. The molecule has 0 spiro atoms. The fourth-order valence-electron chi connectivity index (χ4n) is 3.46. The highest BCUT2D eigenvalue weighted by molar-refractivity contribution is 5.28. The molecule has 2 heteroatoms. The number of unbranched alkanes of at least 4 members (excludes halogenated alkanes) is 3. The second-order valence-corrected chi connectivity index (χ2v) is 8.99. The Morgan fingerprint density at radius 3 is 2.00 bits per heavy atom. The minimum atomic E-state index is 0.135. The van der Waals surface area contributed by atoms with Gasteiger partial charge in [-0.25, -0.2) is 4.98 Å². The molecule has 0 aromatic carbocycles. The van der Waals surface area contributed by atoms with E-state index in [1.165, 1.54) is 62.2 Å². The van der Waals surface area contributed by atoms with E-state index in [9.17, 15) is 0 Å². The maximum atomic E-state index is 5.20. The fraction of sp³-hybridized carbons (Fsp3) is 0.864. The molecule has 1 aromatic rings. The number of aromatic nitrogens is 2. The monoisotopic (exact) mass is 334 g/mol. The summed E-state index contributed by atoms with van der Waals surface area (Å²) in [6.45, 7) is 18.6. The normalized spacial score (nSPS) is 14.2. The van der Waals surface area contributed by atoms with Crippen molar-refractivity contribution in [3.8, 4) is 0 Å². The van der Waals surface area contributed by atoms with E-state index in [4.69, 9.17) is 4.98 Å². The molecule has 0 saturated carbocycles. The van der Waals surface area contributed by atoms with Crippen molar-refractivity contribution in [1.29, 1.82) is 0 Å². The molecule has 1 N–H and O–H groups in total. The molecule has 0 fully saturated rings. The average Bonchev–Trinajstić information content (AvgIpc) is 2.99. The first-order chi connectivity index (χ1) is 11.2. The molecule has 2 nitrogen and oxygen atoms in total. The molecule has 0 saturated heterocycles. The quantitative estimate of drug-likeness (QED) is 0.424. The van der Waals surface area contributed by atoms with Crippen LogP contribution in [0.3, 0.4) is 0 Å². The van der Waals surface area contributed by atoms with E-state index in [0.717, 1.165) is 6.42 Å².